The quantitative estimate of drug-likeness (QED) is 0.552. The Kier molecular flexibility index (Phi) is 6.19. The standard InChI is InChI=1S/C28H32FN5O/c1-17(2)34-13-12-33(16-18(34)3)22-7-4-19(5-8-22)24-15-25(27(30)32-26(24)29)20-6-9-23-21(14-20)10-11-31-28(23)35/h4-9,14-15,17-18H,10-13,16H2,1-3H3,(H2,30,32)(H,31,35). The largest absolute Gasteiger partial charge is 0.383 e. The van der Waals surface area contributed by atoms with Crippen LogP contribution in [0.3, 0.4) is 0 Å². The highest BCUT2D eigenvalue weighted by Gasteiger charge is 2.25. The Bertz CT molecular complexity index is 1260. The van der Waals surface area contributed by atoms with Crippen LogP contribution in [-0.4, -0.2) is 54.1 Å². The summed E-state index contributed by atoms with van der Waals surface area (Å²) in [5.74, 6) is -0.514. The molecule has 7 heteroatoms. The molecule has 0 saturated carbocycles. The van der Waals surface area contributed by atoms with Gasteiger partial charge in [-0.1, -0.05) is 24.3 Å². The second-order valence-corrected chi connectivity index (χ2v) is 9.81. The molecule has 1 aromatic heterocycles. The molecule has 0 aliphatic carbocycles. The van der Waals surface area contributed by atoms with Crippen LogP contribution < -0.4 is 16.0 Å². The molecule has 2 aliphatic rings. The van der Waals surface area contributed by atoms with Crippen LogP contribution in [0.25, 0.3) is 22.3 Å². The fourth-order valence-electron chi connectivity index (χ4n) is 5.36. The molecule has 1 atom stereocenters. The van der Waals surface area contributed by atoms with Crippen LogP contribution in [0.15, 0.2) is 48.5 Å². The number of nitrogen functional groups attached to an aromatic ring is 1. The van der Waals surface area contributed by atoms with Gasteiger partial charge in [-0.15, -0.1) is 0 Å². The van der Waals surface area contributed by atoms with E-state index >= 15 is 0 Å². The van der Waals surface area contributed by atoms with Crippen molar-refractivity contribution in [3.05, 3.63) is 65.6 Å². The smallest absolute Gasteiger partial charge is 0.251 e. The average Bonchev–Trinajstić information content (AvgIpc) is 2.84. The van der Waals surface area contributed by atoms with E-state index in [9.17, 15) is 9.18 Å². The highest BCUT2D eigenvalue weighted by atomic mass is 19.1. The summed E-state index contributed by atoms with van der Waals surface area (Å²) < 4.78 is 14.9. The van der Waals surface area contributed by atoms with Crippen LogP contribution in [0, 0.1) is 5.95 Å². The summed E-state index contributed by atoms with van der Waals surface area (Å²) in [6.45, 7) is 10.3. The van der Waals surface area contributed by atoms with E-state index in [-0.39, 0.29) is 11.7 Å². The van der Waals surface area contributed by atoms with Crippen molar-refractivity contribution in [2.45, 2.75) is 39.3 Å². The summed E-state index contributed by atoms with van der Waals surface area (Å²) in [6, 6.07) is 16.4. The first-order valence-corrected chi connectivity index (χ1v) is 12.3. The number of benzene rings is 2. The zero-order valence-corrected chi connectivity index (χ0v) is 20.5. The lowest BCUT2D eigenvalue weighted by Gasteiger charge is -2.43. The number of fused-ring (bicyclic) bond motifs is 1. The monoisotopic (exact) mass is 473 g/mol. The lowest BCUT2D eigenvalue weighted by Crippen LogP contribution is -2.54. The van der Waals surface area contributed by atoms with E-state index in [2.05, 4.69) is 53.0 Å². The third-order valence-electron chi connectivity index (χ3n) is 7.23. The molecule has 2 aromatic carbocycles. The molecule has 3 N–H and O–H groups in total. The van der Waals surface area contributed by atoms with Crippen molar-refractivity contribution in [3.63, 3.8) is 0 Å². The van der Waals surface area contributed by atoms with Gasteiger partial charge in [-0.3, -0.25) is 9.69 Å². The van der Waals surface area contributed by atoms with Crippen molar-refractivity contribution in [2.75, 3.05) is 36.8 Å². The molecule has 1 amide bonds. The highest BCUT2D eigenvalue weighted by molar-refractivity contribution is 5.97. The lowest BCUT2D eigenvalue weighted by molar-refractivity contribution is 0.0946. The maximum absolute atomic E-state index is 14.9. The molecule has 35 heavy (non-hydrogen) atoms. The van der Waals surface area contributed by atoms with Gasteiger partial charge in [0.25, 0.3) is 5.91 Å². The Hall–Kier alpha value is -3.45. The third-order valence-corrected chi connectivity index (χ3v) is 7.23. The maximum atomic E-state index is 14.9. The van der Waals surface area contributed by atoms with Crippen molar-refractivity contribution >= 4 is 17.4 Å². The topological polar surface area (TPSA) is 74.5 Å². The zero-order valence-electron chi connectivity index (χ0n) is 20.5. The van der Waals surface area contributed by atoms with Crippen molar-refractivity contribution in [3.8, 4) is 22.3 Å². The number of amides is 1. The number of carbonyl (C=O) groups is 1. The maximum Gasteiger partial charge on any atom is 0.251 e. The molecular formula is C28H32FN5O. The van der Waals surface area contributed by atoms with Crippen LogP contribution in [-0.2, 0) is 6.42 Å². The molecule has 0 spiro atoms. The van der Waals surface area contributed by atoms with E-state index in [1.54, 1.807) is 12.1 Å². The van der Waals surface area contributed by atoms with Gasteiger partial charge in [0, 0.05) is 60.6 Å². The molecule has 2 aliphatic heterocycles. The number of anilines is 2. The lowest BCUT2D eigenvalue weighted by atomic mass is 9.94. The van der Waals surface area contributed by atoms with Gasteiger partial charge >= 0.3 is 0 Å². The molecule has 182 valence electrons. The van der Waals surface area contributed by atoms with E-state index in [0.717, 1.165) is 48.4 Å². The first-order valence-electron chi connectivity index (χ1n) is 12.3. The Balaban J connectivity index is 1.42. The third kappa shape index (κ3) is 4.48. The number of halogens is 1. The minimum atomic E-state index is -0.587. The molecule has 3 heterocycles. The van der Waals surface area contributed by atoms with Gasteiger partial charge in [0.1, 0.15) is 5.82 Å². The van der Waals surface area contributed by atoms with Crippen molar-refractivity contribution < 1.29 is 9.18 Å². The normalized spacial score (nSPS) is 18.5. The number of nitrogens with two attached hydrogens (primary N) is 1. The number of nitrogens with one attached hydrogen (secondary N) is 1. The molecule has 0 bridgehead atoms. The zero-order chi connectivity index (χ0) is 24.7. The minimum Gasteiger partial charge on any atom is -0.383 e. The van der Waals surface area contributed by atoms with Crippen molar-refractivity contribution in [1.82, 2.24) is 15.2 Å². The molecule has 6 nitrogen and oxygen atoms in total. The van der Waals surface area contributed by atoms with E-state index in [0.29, 0.717) is 35.3 Å². The first kappa shape index (κ1) is 23.3. The molecule has 0 radical (unpaired) electrons. The van der Waals surface area contributed by atoms with Gasteiger partial charge in [-0.25, -0.2) is 4.98 Å². The van der Waals surface area contributed by atoms with Crippen LogP contribution in [0.2, 0.25) is 0 Å². The molecule has 1 fully saturated rings. The summed E-state index contributed by atoms with van der Waals surface area (Å²) >= 11 is 0. The Morgan fingerprint density at radius 1 is 1.03 bits per heavy atom. The number of piperazine rings is 1. The van der Waals surface area contributed by atoms with Gasteiger partial charge in [-0.05, 0) is 68.1 Å². The average molecular weight is 474 g/mol. The summed E-state index contributed by atoms with van der Waals surface area (Å²) in [6.07, 6.45) is 0.752. The molecular weight excluding hydrogens is 441 g/mol. The Morgan fingerprint density at radius 3 is 2.49 bits per heavy atom. The van der Waals surface area contributed by atoms with Gasteiger partial charge in [0.15, 0.2) is 0 Å². The highest BCUT2D eigenvalue weighted by Crippen LogP contribution is 2.34. The second-order valence-electron chi connectivity index (χ2n) is 9.81. The van der Waals surface area contributed by atoms with Crippen LogP contribution in [0.4, 0.5) is 15.9 Å². The molecule has 5 rings (SSSR count). The van der Waals surface area contributed by atoms with E-state index < -0.39 is 5.95 Å². The van der Waals surface area contributed by atoms with Crippen molar-refractivity contribution in [1.29, 1.82) is 0 Å². The number of hydrogen-bond donors (Lipinski definition) is 2. The number of nitrogens with zero attached hydrogens (tertiary/aromatic N) is 3. The SMILES string of the molecule is CC(C)N1CCN(c2ccc(-c3cc(-c4ccc5c(c4)CCNC5=O)c(N)nc3F)cc2)CC1C. The van der Waals surface area contributed by atoms with Gasteiger partial charge in [0.2, 0.25) is 5.95 Å². The van der Waals surface area contributed by atoms with E-state index in [1.165, 1.54) is 0 Å². The molecule has 1 unspecified atom stereocenters. The number of rotatable bonds is 4. The minimum absolute atomic E-state index is 0.0659. The van der Waals surface area contributed by atoms with E-state index in [4.69, 9.17) is 5.73 Å². The molecule has 3 aromatic rings. The van der Waals surface area contributed by atoms with E-state index in [1.807, 2.05) is 24.3 Å². The summed E-state index contributed by atoms with van der Waals surface area (Å²) in [5.41, 5.74) is 11.6. The predicted octanol–water partition coefficient (Wildman–Crippen LogP) is 4.34. The number of aromatic nitrogens is 1. The predicted molar refractivity (Wildman–Crippen MR) is 139 cm³/mol. The number of carbonyl (C=O) groups excluding carboxylic acids is 1. The summed E-state index contributed by atoms with van der Waals surface area (Å²) in [7, 11) is 0. The first-order chi connectivity index (χ1) is 16.8. The fraction of sp³-hybridized carbons (Fsp3) is 0.357. The van der Waals surface area contributed by atoms with Crippen molar-refractivity contribution in [2.24, 2.45) is 0 Å². The van der Waals surface area contributed by atoms with Gasteiger partial charge in [0.05, 0.1) is 0 Å². The Labute approximate surface area is 206 Å². The summed E-state index contributed by atoms with van der Waals surface area (Å²) in [4.78, 5) is 21.0. The number of hydrogen-bond acceptors (Lipinski definition) is 5. The van der Waals surface area contributed by atoms with Crippen LogP contribution >= 0.6 is 0 Å². The van der Waals surface area contributed by atoms with Gasteiger partial charge < -0.3 is 16.0 Å². The van der Waals surface area contributed by atoms with Crippen LogP contribution in [0.5, 0.6) is 0 Å². The Morgan fingerprint density at radius 2 is 1.77 bits per heavy atom. The molecule has 1 saturated heterocycles. The number of pyridine rings is 1. The van der Waals surface area contributed by atoms with Crippen LogP contribution in [0.1, 0.15) is 36.7 Å². The second kappa shape index (κ2) is 9.30. The summed E-state index contributed by atoms with van der Waals surface area (Å²) in [5, 5.41) is 2.85. The van der Waals surface area contributed by atoms with Gasteiger partial charge in [-0.2, -0.15) is 4.39 Å². The fourth-order valence-corrected chi connectivity index (χ4v) is 5.36.